The molecule has 120 valence electrons. The smallest absolute Gasteiger partial charge is 0.273 e. The van der Waals surface area contributed by atoms with Crippen LogP contribution in [0.1, 0.15) is 24.2 Å². The van der Waals surface area contributed by atoms with Gasteiger partial charge in [0.1, 0.15) is 5.75 Å². The fraction of sp³-hybridized carbons (Fsp3) is 0.222. The lowest BCUT2D eigenvalue weighted by Crippen LogP contribution is -2.27. The summed E-state index contributed by atoms with van der Waals surface area (Å²) in [5.74, 6) is 0.459. The van der Waals surface area contributed by atoms with Crippen LogP contribution in [-0.2, 0) is 9.53 Å². The van der Waals surface area contributed by atoms with E-state index in [4.69, 9.17) is 9.47 Å². The summed E-state index contributed by atoms with van der Waals surface area (Å²) in [5.41, 5.74) is 4.93. The molecule has 23 heavy (non-hydrogen) atoms. The summed E-state index contributed by atoms with van der Waals surface area (Å²) < 4.78 is 10.4. The minimum Gasteiger partial charge on any atom is -0.497 e. The molecule has 0 fully saturated rings. The molecule has 2 rings (SSSR count). The molecule has 0 heterocycles. The normalized spacial score (nSPS) is 12.6. The SMILES string of the molecule is COc1ccc(/C(C)=N\NC(=O)[C@H](OC)c2ccccc2)cc1. The van der Waals surface area contributed by atoms with Crippen molar-refractivity contribution in [2.45, 2.75) is 13.0 Å². The minimum atomic E-state index is -0.691. The molecule has 0 saturated carbocycles. The van der Waals surface area contributed by atoms with Crippen LogP contribution in [-0.4, -0.2) is 25.8 Å². The van der Waals surface area contributed by atoms with Crippen molar-refractivity contribution < 1.29 is 14.3 Å². The van der Waals surface area contributed by atoms with E-state index >= 15 is 0 Å². The number of nitrogens with zero attached hydrogens (tertiary/aromatic N) is 1. The van der Waals surface area contributed by atoms with Gasteiger partial charge in [0, 0.05) is 7.11 Å². The fourth-order valence-corrected chi connectivity index (χ4v) is 2.12. The van der Waals surface area contributed by atoms with E-state index in [2.05, 4.69) is 10.5 Å². The van der Waals surface area contributed by atoms with Crippen molar-refractivity contribution in [2.24, 2.45) is 5.10 Å². The van der Waals surface area contributed by atoms with Gasteiger partial charge in [-0.25, -0.2) is 5.43 Å². The molecule has 1 N–H and O–H groups in total. The van der Waals surface area contributed by atoms with Crippen LogP contribution in [0.25, 0.3) is 0 Å². The summed E-state index contributed by atoms with van der Waals surface area (Å²) in [6.07, 6.45) is -0.691. The highest BCUT2D eigenvalue weighted by Gasteiger charge is 2.19. The maximum atomic E-state index is 12.2. The average Bonchev–Trinajstić information content (AvgIpc) is 2.61. The molecule has 2 aromatic rings. The van der Waals surface area contributed by atoms with Crippen LogP contribution in [0.3, 0.4) is 0 Å². The largest absolute Gasteiger partial charge is 0.497 e. The van der Waals surface area contributed by atoms with Crippen LogP contribution in [0.15, 0.2) is 59.7 Å². The van der Waals surface area contributed by atoms with E-state index < -0.39 is 6.10 Å². The molecule has 0 spiro atoms. The third-order valence-electron chi connectivity index (χ3n) is 3.42. The monoisotopic (exact) mass is 312 g/mol. The Labute approximate surface area is 135 Å². The zero-order valence-electron chi connectivity index (χ0n) is 13.4. The molecule has 0 aliphatic carbocycles. The van der Waals surface area contributed by atoms with Crippen molar-refractivity contribution >= 4 is 11.6 Å². The molecule has 0 aromatic heterocycles. The summed E-state index contributed by atoms with van der Waals surface area (Å²) in [6, 6.07) is 16.8. The Bertz CT molecular complexity index is 666. The predicted octanol–water partition coefficient (Wildman–Crippen LogP) is 2.92. The maximum Gasteiger partial charge on any atom is 0.273 e. The van der Waals surface area contributed by atoms with Crippen molar-refractivity contribution in [2.75, 3.05) is 14.2 Å². The van der Waals surface area contributed by atoms with Crippen LogP contribution >= 0.6 is 0 Å². The van der Waals surface area contributed by atoms with Crippen LogP contribution in [0.4, 0.5) is 0 Å². The molecule has 1 atom stereocenters. The first-order valence-corrected chi connectivity index (χ1v) is 7.22. The van der Waals surface area contributed by atoms with Crippen LogP contribution in [0.5, 0.6) is 5.75 Å². The third-order valence-corrected chi connectivity index (χ3v) is 3.42. The van der Waals surface area contributed by atoms with E-state index in [-0.39, 0.29) is 5.91 Å². The number of rotatable bonds is 6. The van der Waals surface area contributed by atoms with Gasteiger partial charge in [-0.05, 0) is 42.3 Å². The van der Waals surface area contributed by atoms with E-state index in [1.54, 1.807) is 7.11 Å². The van der Waals surface area contributed by atoms with Gasteiger partial charge in [0.05, 0.1) is 12.8 Å². The summed E-state index contributed by atoms with van der Waals surface area (Å²) in [7, 11) is 3.11. The summed E-state index contributed by atoms with van der Waals surface area (Å²) >= 11 is 0. The van der Waals surface area contributed by atoms with Gasteiger partial charge in [-0.2, -0.15) is 5.10 Å². The Hall–Kier alpha value is -2.66. The highest BCUT2D eigenvalue weighted by Crippen LogP contribution is 2.16. The number of hydrogen-bond donors (Lipinski definition) is 1. The number of carbonyl (C=O) groups excluding carboxylic acids is 1. The molecular formula is C18H20N2O3. The number of carbonyl (C=O) groups is 1. The van der Waals surface area contributed by atoms with Gasteiger partial charge in [-0.15, -0.1) is 0 Å². The molecule has 0 bridgehead atoms. The second-order valence-corrected chi connectivity index (χ2v) is 4.93. The first kappa shape index (κ1) is 16.7. The van der Waals surface area contributed by atoms with E-state index in [9.17, 15) is 4.79 Å². The topological polar surface area (TPSA) is 59.9 Å². The van der Waals surface area contributed by atoms with Gasteiger partial charge >= 0.3 is 0 Å². The number of methoxy groups -OCH3 is 2. The number of benzene rings is 2. The van der Waals surface area contributed by atoms with Crippen molar-refractivity contribution in [1.82, 2.24) is 5.43 Å². The molecule has 0 saturated heterocycles. The quantitative estimate of drug-likeness (QED) is 0.659. The Morgan fingerprint density at radius 2 is 1.70 bits per heavy atom. The van der Waals surface area contributed by atoms with Gasteiger partial charge in [0.15, 0.2) is 6.10 Å². The van der Waals surface area contributed by atoms with Crippen molar-refractivity contribution in [3.8, 4) is 5.75 Å². The molecule has 0 aliphatic heterocycles. The zero-order valence-corrected chi connectivity index (χ0v) is 13.4. The standard InChI is InChI=1S/C18H20N2O3/c1-13(14-9-11-16(22-2)12-10-14)19-20-18(21)17(23-3)15-7-5-4-6-8-15/h4-12,17H,1-3H3,(H,20,21)/b19-13-/t17-/m1/s1. The van der Waals surface area contributed by atoms with Crippen LogP contribution in [0, 0.1) is 0 Å². The highest BCUT2D eigenvalue weighted by molar-refractivity contribution is 5.99. The molecule has 0 unspecified atom stereocenters. The van der Waals surface area contributed by atoms with Gasteiger partial charge < -0.3 is 9.47 Å². The number of hydrazone groups is 1. The second-order valence-electron chi connectivity index (χ2n) is 4.93. The summed E-state index contributed by atoms with van der Waals surface area (Å²) in [5, 5.41) is 4.14. The van der Waals surface area contributed by atoms with Gasteiger partial charge in [-0.1, -0.05) is 30.3 Å². The molecular weight excluding hydrogens is 292 g/mol. The van der Waals surface area contributed by atoms with Crippen molar-refractivity contribution in [1.29, 1.82) is 0 Å². The molecule has 0 radical (unpaired) electrons. The predicted molar refractivity (Wildman–Crippen MR) is 89.5 cm³/mol. The third kappa shape index (κ3) is 4.40. The highest BCUT2D eigenvalue weighted by atomic mass is 16.5. The Morgan fingerprint density at radius 1 is 1.04 bits per heavy atom. The first-order valence-electron chi connectivity index (χ1n) is 7.22. The molecule has 5 heteroatoms. The summed E-state index contributed by atoms with van der Waals surface area (Å²) in [4.78, 5) is 12.2. The average molecular weight is 312 g/mol. The number of amides is 1. The fourth-order valence-electron chi connectivity index (χ4n) is 2.12. The van der Waals surface area contributed by atoms with E-state index in [1.807, 2.05) is 61.5 Å². The van der Waals surface area contributed by atoms with Gasteiger partial charge in [0.2, 0.25) is 0 Å². The van der Waals surface area contributed by atoms with Crippen LogP contribution in [0.2, 0.25) is 0 Å². The molecule has 2 aromatic carbocycles. The second kappa shape index (κ2) is 8.10. The number of nitrogens with one attached hydrogen (secondary N) is 1. The Balaban J connectivity index is 2.06. The van der Waals surface area contributed by atoms with Crippen LogP contribution < -0.4 is 10.2 Å². The van der Waals surface area contributed by atoms with E-state index in [0.717, 1.165) is 16.9 Å². The van der Waals surface area contributed by atoms with E-state index in [0.29, 0.717) is 5.71 Å². The van der Waals surface area contributed by atoms with Gasteiger partial charge in [-0.3, -0.25) is 4.79 Å². The molecule has 0 aliphatic rings. The Kier molecular flexibility index (Phi) is 5.88. The van der Waals surface area contributed by atoms with Gasteiger partial charge in [0.25, 0.3) is 5.91 Å². The summed E-state index contributed by atoms with van der Waals surface area (Å²) in [6.45, 7) is 1.83. The lowest BCUT2D eigenvalue weighted by Gasteiger charge is -2.14. The lowest BCUT2D eigenvalue weighted by atomic mass is 10.1. The molecule has 1 amide bonds. The lowest BCUT2D eigenvalue weighted by molar-refractivity contribution is -0.131. The van der Waals surface area contributed by atoms with E-state index in [1.165, 1.54) is 7.11 Å². The van der Waals surface area contributed by atoms with Crippen molar-refractivity contribution in [3.63, 3.8) is 0 Å². The zero-order chi connectivity index (χ0) is 16.7. The number of hydrogen-bond acceptors (Lipinski definition) is 4. The Morgan fingerprint density at radius 3 is 2.26 bits per heavy atom. The first-order chi connectivity index (χ1) is 11.2. The minimum absolute atomic E-state index is 0.313. The maximum absolute atomic E-state index is 12.2. The van der Waals surface area contributed by atoms with Crippen molar-refractivity contribution in [3.05, 3.63) is 65.7 Å². The number of ether oxygens (including phenoxy) is 2. The molecule has 5 nitrogen and oxygen atoms in total.